The molecule has 1 heterocycles. The van der Waals surface area contributed by atoms with Gasteiger partial charge in [-0.1, -0.05) is 18.2 Å². The van der Waals surface area contributed by atoms with Gasteiger partial charge in [0.1, 0.15) is 0 Å². The maximum atomic E-state index is 12.2. The zero-order valence-electron chi connectivity index (χ0n) is 13.2. The third kappa shape index (κ3) is 3.66. The first-order valence-electron chi connectivity index (χ1n) is 7.09. The number of aromatic amines is 1. The standard InChI is InChI=1S/C17H18N2O4/c1-10-15(17(22)23-3)13(19-16(10)11(2)20)9-14(21)18-12-7-5-4-6-8-12/h4-8,19H,9H2,1-3H3,(H,18,21). The number of aromatic nitrogens is 1. The Morgan fingerprint density at radius 2 is 1.83 bits per heavy atom. The number of methoxy groups -OCH3 is 1. The Morgan fingerprint density at radius 1 is 1.17 bits per heavy atom. The second-order valence-electron chi connectivity index (χ2n) is 5.12. The molecular formula is C17H18N2O4. The van der Waals surface area contributed by atoms with Gasteiger partial charge in [-0.3, -0.25) is 9.59 Å². The Hall–Kier alpha value is -2.89. The number of H-pyrrole nitrogens is 1. The summed E-state index contributed by atoms with van der Waals surface area (Å²) in [6.45, 7) is 3.05. The molecule has 0 bridgehead atoms. The normalized spacial score (nSPS) is 10.2. The van der Waals surface area contributed by atoms with Gasteiger partial charge in [-0.05, 0) is 24.6 Å². The molecule has 6 heteroatoms. The van der Waals surface area contributed by atoms with E-state index in [-0.39, 0.29) is 23.7 Å². The van der Waals surface area contributed by atoms with Gasteiger partial charge < -0.3 is 15.0 Å². The molecule has 0 saturated heterocycles. The number of ether oxygens (including phenoxy) is 1. The van der Waals surface area contributed by atoms with Gasteiger partial charge in [-0.15, -0.1) is 0 Å². The highest BCUT2D eigenvalue weighted by atomic mass is 16.5. The predicted octanol–water partition coefficient (Wildman–Crippen LogP) is 2.49. The quantitative estimate of drug-likeness (QED) is 0.655. The van der Waals surface area contributed by atoms with Crippen molar-refractivity contribution in [3.63, 3.8) is 0 Å². The van der Waals surface area contributed by atoms with Crippen LogP contribution in [0, 0.1) is 6.92 Å². The van der Waals surface area contributed by atoms with Crippen LogP contribution in [0.4, 0.5) is 5.69 Å². The lowest BCUT2D eigenvalue weighted by atomic mass is 10.1. The summed E-state index contributed by atoms with van der Waals surface area (Å²) in [5.41, 5.74) is 2.07. The van der Waals surface area contributed by atoms with Crippen LogP contribution in [0.15, 0.2) is 30.3 Å². The van der Waals surface area contributed by atoms with Crippen molar-refractivity contribution in [3.8, 4) is 0 Å². The molecule has 2 N–H and O–H groups in total. The van der Waals surface area contributed by atoms with E-state index in [1.807, 2.05) is 18.2 Å². The number of hydrogen-bond donors (Lipinski definition) is 2. The topological polar surface area (TPSA) is 88.3 Å². The van der Waals surface area contributed by atoms with Gasteiger partial charge in [0, 0.05) is 18.3 Å². The summed E-state index contributed by atoms with van der Waals surface area (Å²) in [6.07, 6.45) is -0.0621. The summed E-state index contributed by atoms with van der Waals surface area (Å²) >= 11 is 0. The minimum absolute atomic E-state index is 0.0621. The lowest BCUT2D eigenvalue weighted by molar-refractivity contribution is -0.115. The number of Topliss-reactive ketones (excluding diaryl/α,β-unsaturated/α-hetero) is 1. The fourth-order valence-electron chi connectivity index (χ4n) is 2.41. The first-order valence-corrected chi connectivity index (χ1v) is 7.09. The SMILES string of the molecule is COC(=O)c1c(CC(=O)Nc2ccccc2)[nH]c(C(C)=O)c1C. The van der Waals surface area contributed by atoms with Gasteiger partial charge in [-0.25, -0.2) is 4.79 Å². The maximum Gasteiger partial charge on any atom is 0.339 e. The van der Waals surface area contributed by atoms with Gasteiger partial charge in [0.2, 0.25) is 5.91 Å². The van der Waals surface area contributed by atoms with Crippen molar-refractivity contribution >= 4 is 23.3 Å². The Kier molecular flexibility index (Phi) is 4.95. The maximum absolute atomic E-state index is 12.2. The number of ketones is 1. The van der Waals surface area contributed by atoms with Crippen LogP contribution in [-0.4, -0.2) is 29.8 Å². The predicted molar refractivity (Wildman–Crippen MR) is 85.6 cm³/mol. The van der Waals surface area contributed by atoms with E-state index in [4.69, 9.17) is 4.74 Å². The molecule has 0 spiro atoms. The third-order valence-corrected chi connectivity index (χ3v) is 3.46. The summed E-state index contributed by atoms with van der Waals surface area (Å²) in [7, 11) is 1.26. The number of rotatable bonds is 5. The Labute approximate surface area is 133 Å². The molecule has 0 aliphatic carbocycles. The lowest BCUT2D eigenvalue weighted by Gasteiger charge is -2.06. The van der Waals surface area contributed by atoms with Crippen molar-refractivity contribution in [2.45, 2.75) is 20.3 Å². The molecular weight excluding hydrogens is 296 g/mol. The number of esters is 1. The molecule has 0 unspecified atom stereocenters. The van der Waals surface area contributed by atoms with Crippen molar-refractivity contribution in [2.24, 2.45) is 0 Å². The molecule has 2 aromatic rings. The number of hydrogen-bond acceptors (Lipinski definition) is 4. The fraction of sp³-hybridized carbons (Fsp3) is 0.235. The van der Waals surface area contributed by atoms with Crippen molar-refractivity contribution in [3.05, 3.63) is 52.8 Å². The Bertz CT molecular complexity index is 747. The molecule has 0 fully saturated rings. The molecule has 1 aromatic carbocycles. The summed E-state index contributed by atoms with van der Waals surface area (Å²) in [6, 6.07) is 8.99. The minimum Gasteiger partial charge on any atom is -0.465 e. The molecule has 0 aliphatic heterocycles. The Morgan fingerprint density at radius 3 is 2.39 bits per heavy atom. The van der Waals surface area contributed by atoms with Crippen LogP contribution >= 0.6 is 0 Å². The van der Waals surface area contributed by atoms with E-state index in [0.29, 0.717) is 22.6 Å². The number of benzene rings is 1. The third-order valence-electron chi connectivity index (χ3n) is 3.46. The van der Waals surface area contributed by atoms with E-state index in [1.54, 1.807) is 19.1 Å². The summed E-state index contributed by atoms with van der Waals surface area (Å²) in [5, 5.41) is 2.74. The molecule has 0 atom stereocenters. The van der Waals surface area contributed by atoms with Crippen LogP contribution in [0.5, 0.6) is 0 Å². The van der Waals surface area contributed by atoms with Crippen LogP contribution in [0.25, 0.3) is 0 Å². The summed E-state index contributed by atoms with van der Waals surface area (Å²) < 4.78 is 4.75. The van der Waals surface area contributed by atoms with E-state index in [9.17, 15) is 14.4 Å². The second-order valence-corrected chi connectivity index (χ2v) is 5.12. The molecule has 6 nitrogen and oxygen atoms in total. The number of para-hydroxylation sites is 1. The van der Waals surface area contributed by atoms with Crippen molar-refractivity contribution in [2.75, 3.05) is 12.4 Å². The van der Waals surface area contributed by atoms with Gasteiger partial charge in [0.15, 0.2) is 5.78 Å². The molecule has 0 radical (unpaired) electrons. The average Bonchev–Trinajstić information content (AvgIpc) is 2.84. The smallest absolute Gasteiger partial charge is 0.339 e. The molecule has 2 rings (SSSR count). The van der Waals surface area contributed by atoms with Crippen LogP contribution in [0.3, 0.4) is 0 Å². The van der Waals surface area contributed by atoms with Gasteiger partial charge in [-0.2, -0.15) is 0 Å². The van der Waals surface area contributed by atoms with E-state index in [2.05, 4.69) is 10.3 Å². The van der Waals surface area contributed by atoms with E-state index in [0.717, 1.165) is 0 Å². The monoisotopic (exact) mass is 314 g/mol. The zero-order chi connectivity index (χ0) is 17.0. The number of carbonyl (C=O) groups is 3. The molecule has 0 aliphatic rings. The van der Waals surface area contributed by atoms with Crippen LogP contribution in [-0.2, 0) is 16.0 Å². The van der Waals surface area contributed by atoms with Gasteiger partial charge in [0.25, 0.3) is 0 Å². The average molecular weight is 314 g/mol. The van der Waals surface area contributed by atoms with Gasteiger partial charge >= 0.3 is 5.97 Å². The summed E-state index contributed by atoms with van der Waals surface area (Å²) in [5.74, 6) is -1.08. The summed E-state index contributed by atoms with van der Waals surface area (Å²) in [4.78, 5) is 38.6. The van der Waals surface area contributed by atoms with Crippen molar-refractivity contribution in [1.82, 2.24) is 4.98 Å². The highest BCUT2D eigenvalue weighted by molar-refractivity contribution is 6.02. The fourth-order valence-corrected chi connectivity index (χ4v) is 2.41. The van der Waals surface area contributed by atoms with Gasteiger partial charge in [0.05, 0.1) is 24.8 Å². The zero-order valence-corrected chi connectivity index (χ0v) is 13.2. The van der Waals surface area contributed by atoms with Crippen LogP contribution in [0.1, 0.15) is 39.0 Å². The molecule has 23 heavy (non-hydrogen) atoms. The van der Waals surface area contributed by atoms with Crippen molar-refractivity contribution in [1.29, 1.82) is 0 Å². The highest BCUT2D eigenvalue weighted by Gasteiger charge is 2.24. The Balaban J connectivity index is 2.28. The molecule has 1 aromatic heterocycles. The first kappa shape index (κ1) is 16.5. The van der Waals surface area contributed by atoms with Crippen LogP contribution < -0.4 is 5.32 Å². The van der Waals surface area contributed by atoms with Crippen LogP contribution in [0.2, 0.25) is 0 Å². The number of anilines is 1. The first-order chi connectivity index (χ1) is 10.9. The molecule has 1 amide bonds. The largest absolute Gasteiger partial charge is 0.465 e. The van der Waals surface area contributed by atoms with E-state index in [1.165, 1.54) is 14.0 Å². The number of amides is 1. The number of carbonyl (C=O) groups excluding carboxylic acids is 3. The second kappa shape index (κ2) is 6.91. The van der Waals surface area contributed by atoms with E-state index < -0.39 is 5.97 Å². The minimum atomic E-state index is -0.575. The molecule has 0 saturated carbocycles. The number of nitrogens with one attached hydrogen (secondary N) is 2. The van der Waals surface area contributed by atoms with E-state index >= 15 is 0 Å². The van der Waals surface area contributed by atoms with Crippen molar-refractivity contribution < 1.29 is 19.1 Å². The highest BCUT2D eigenvalue weighted by Crippen LogP contribution is 2.21. The molecule has 120 valence electrons. The lowest BCUT2D eigenvalue weighted by Crippen LogP contribution is -2.17.